The molecule has 4 N–H and O–H groups in total. The Kier molecular flexibility index (Phi) is 4.18. The van der Waals surface area contributed by atoms with Crippen molar-refractivity contribution in [2.45, 2.75) is 20.0 Å². The predicted molar refractivity (Wildman–Crippen MR) is 46.7 cm³/mol. The molecule has 0 aliphatic carbocycles. The molecule has 3 nitrogen and oxygen atoms in total. The molecular weight excluding hydrogens is 164 g/mol. The number of nitrogens with one attached hydrogen (secondary N) is 1. The second kappa shape index (κ2) is 4.38. The molecule has 0 spiro atoms. The van der Waals surface area contributed by atoms with Gasteiger partial charge in [-0.2, -0.15) is 0 Å². The van der Waals surface area contributed by atoms with E-state index in [-0.39, 0.29) is 0 Å². The highest BCUT2D eigenvalue weighted by molar-refractivity contribution is 6.32. The van der Waals surface area contributed by atoms with Gasteiger partial charge in [0.25, 0.3) is 0 Å². The number of hydrogen-bond donors (Lipinski definition) is 3. The monoisotopic (exact) mass is 176 g/mol. The Bertz CT molecular complexity index is 187. The van der Waals surface area contributed by atoms with Crippen LogP contribution in [0, 0.1) is 0 Å². The van der Waals surface area contributed by atoms with E-state index in [1.807, 2.05) is 0 Å². The van der Waals surface area contributed by atoms with Crippen LogP contribution in [0.25, 0.3) is 0 Å². The topological polar surface area (TPSA) is 58.3 Å². The predicted octanol–water partition coefficient (Wildman–Crippen LogP) is 0.857. The quantitative estimate of drug-likeness (QED) is 0.340. The molecule has 0 aromatic heterocycles. The van der Waals surface area contributed by atoms with Gasteiger partial charge in [0.1, 0.15) is 0 Å². The third kappa shape index (κ3) is 2.93. The number of allylic oxidation sites excluding steroid dienone is 1. The highest BCUT2D eigenvalue weighted by atomic mass is 35.5. The summed E-state index contributed by atoms with van der Waals surface area (Å²) >= 11 is 5.75. The molecule has 0 fully saturated rings. The lowest BCUT2D eigenvalue weighted by Gasteiger charge is -2.10. The van der Waals surface area contributed by atoms with E-state index in [1.165, 1.54) is 0 Å². The number of hydrogen-bond acceptors (Lipinski definition) is 3. The van der Waals surface area contributed by atoms with Crippen LogP contribution in [0.15, 0.2) is 22.9 Å². The van der Waals surface area contributed by atoms with Crippen LogP contribution >= 0.6 is 11.6 Å². The maximum Gasteiger partial charge on any atom is 0.0771 e. The van der Waals surface area contributed by atoms with E-state index in [2.05, 4.69) is 12.0 Å². The number of rotatable bonds is 3. The molecule has 0 aromatic carbocycles. The summed E-state index contributed by atoms with van der Waals surface area (Å²) < 4.78 is 0. The fourth-order valence-corrected chi connectivity index (χ4v) is 0.700. The van der Waals surface area contributed by atoms with Crippen LogP contribution < -0.4 is 11.3 Å². The Hall–Kier alpha value is -0.510. The largest absolute Gasteiger partial charge is 0.389 e. The highest BCUT2D eigenvalue weighted by Gasteiger charge is 2.08. The summed E-state index contributed by atoms with van der Waals surface area (Å²) in [4.78, 5) is 0. The average molecular weight is 177 g/mol. The minimum atomic E-state index is -0.647. The van der Waals surface area contributed by atoms with Crippen LogP contribution in [0.4, 0.5) is 0 Å². The lowest BCUT2D eigenvalue weighted by Crippen LogP contribution is -2.21. The van der Waals surface area contributed by atoms with Crippen molar-refractivity contribution >= 4 is 11.6 Å². The molecule has 4 heteroatoms. The van der Waals surface area contributed by atoms with Crippen LogP contribution in [0.3, 0.4) is 0 Å². The Balaban J connectivity index is 4.47. The van der Waals surface area contributed by atoms with Crippen LogP contribution in [-0.2, 0) is 0 Å². The first-order valence-electron chi connectivity index (χ1n) is 3.21. The van der Waals surface area contributed by atoms with Gasteiger partial charge in [-0.15, -0.1) is 0 Å². The standard InChI is InChI=1S/C7H13ClN2O/c1-4(6(3)11)7(8)5(2)10-9/h6,10-11H,1,9H2,2-3H3/b7-5+. The van der Waals surface area contributed by atoms with Gasteiger partial charge in [0.2, 0.25) is 0 Å². The summed E-state index contributed by atoms with van der Waals surface area (Å²) in [5.74, 6) is 5.10. The first-order valence-corrected chi connectivity index (χ1v) is 3.58. The van der Waals surface area contributed by atoms with Crippen molar-refractivity contribution in [1.82, 2.24) is 5.43 Å². The second-order valence-electron chi connectivity index (χ2n) is 2.28. The van der Waals surface area contributed by atoms with Gasteiger partial charge in [0, 0.05) is 5.70 Å². The molecule has 1 atom stereocenters. The van der Waals surface area contributed by atoms with Crippen molar-refractivity contribution < 1.29 is 5.11 Å². The van der Waals surface area contributed by atoms with Gasteiger partial charge in [0.15, 0.2) is 0 Å². The van der Waals surface area contributed by atoms with Gasteiger partial charge < -0.3 is 10.5 Å². The molecule has 64 valence electrons. The van der Waals surface area contributed by atoms with Crippen LogP contribution in [0.2, 0.25) is 0 Å². The Morgan fingerprint density at radius 2 is 2.18 bits per heavy atom. The maximum absolute atomic E-state index is 9.05. The first kappa shape index (κ1) is 10.5. The van der Waals surface area contributed by atoms with Crippen LogP contribution in [0.1, 0.15) is 13.8 Å². The molecule has 0 saturated carbocycles. The summed E-state index contributed by atoms with van der Waals surface area (Å²) in [7, 11) is 0. The lowest BCUT2D eigenvalue weighted by atomic mass is 10.1. The highest BCUT2D eigenvalue weighted by Crippen LogP contribution is 2.18. The number of nitrogens with two attached hydrogens (primary N) is 1. The van der Waals surface area contributed by atoms with E-state index >= 15 is 0 Å². The molecule has 0 amide bonds. The SMILES string of the molecule is C=C(/C(Cl)=C(/C)NN)C(C)O. The number of aliphatic hydroxyl groups excluding tert-OH is 1. The number of hydrazine groups is 1. The van der Waals surface area contributed by atoms with Gasteiger partial charge in [-0.25, -0.2) is 0 Å². The third-order valence-corrected chi connectivity index (χ3v) is 1.86. The number of aliphatic hydroxyl groups is 1. The normalized spacial score (nSPS) is 15.4. The summed E-state index contributed by atoms with van der Waals surface area (Å²) in [5.41, 5.74) is 3.43. The third-order valence-electron chi connectivity index (χ3n) is 1.33. The van der Waals surface area contributed by atoms with Crippen molar-refractivity contribution in [3.63, 3.8) is 0 Å². The van der Waals surface area contributed by atoms with E-state index in [0.29, 0.717) is 16.3 Å². The van der Waals surface area contributed by atoms with Crippen molar-refractivity contribution in [2.24, 2.45) is 5.84 Å². The summed E-state index contributed by atoms with van der Waals surface area (Å²) in [5, 5.41) is 9.43. The molecule has 0 aromatic rings. The zero-order valence-corrected chi connectivity index (χ0v) is 7.44. The number of halogens is 1. The Morgan fingerprint density at radius 1 is 1.73 bits per heavy atom. The molecule has 0 rings (SSSR count). The van der Waals surface area contributed by atoms with E-state index in [1.54, 1.807) is 13.8 Å². The minimum Gasteiger partial charge on any atom is -0.389 e. The molecule has 1 unspecified atom stereocenters. The first-order chi connectivity index (χ1) is 5.00. The fourth-order valence-electron chi connectivity index (χ4n) is 0.488. The van der Waals surface area contributed by atoms with Gasteiger partial charge in [-0.1, -0.05) is 18.2 Å². The van der Waals surface area contributed by atoms with Crippen LogP contribution in [0.5, 0.6) is 0 Å². The van der Waals surface area contributed by atoms with E-state index in [9.17, 15) is 0 Å². The lowest BCUT2D eigenvalue weighted by molar-refractivity contribution is 0.235. The van der Waals surface area contributed by atoms with E-state index in [0.717, 1.165) is 0 Å². The van der Waals surface area contributed by atoms with Gasteiger partial charge in [-0.05, 0) is 19.4 Å². The van der Waals surface area contributed by atoms with Gasteiger partial charge in [0.05, 0.1) is 11.1 Å². The van der Waals surface area contributed by atoms with Gasteiger partial charge in [-0.3, -0.25) is 5.84 Å². The van der Waals surface area contributed by atoms with Crippen molar-refractivity contribution in [3.05, 3.63) is 22.9 Å². The molecule has 0 bridgehead atoms. The minimum absolute atomic E-state index is 0.377. The molecule has 11 heavy (non-hydrogen) atoms. The van der Waals surface area contributed by atoms with Gasteiger partial charge >= 0.3 is 0 Å². The van der Waals surface area contributed by atoms with Crippen molar-refractivity contribution in [2.75, 3.05) is 0 Å². The summed E-state index contributed by atoms with van der Waals surface area (Å²) in [6, 6.07) is 0. The van der Waals surface area contributed by atoms with E-state index in [4.69, 9.17) is 22.6 Å². The molecule has 0 aliphatic rings. The van der Waals surface area contributed by atoms with E-state index < -0.39 is 6.10 Å². The fraction of sp³-hybridized carbons (Fsp3) is 0.429. The zero-order valence-electron chi connectivity index (χ0n) is 6.69. The molecule has 0 heterocycles. The molecule has 0 saturated heterocycles. The molecule has 0 aliphatic heterocycles. The molecular formula is C7H13ClN2O. The Morgan fingerprint density at radius 3 is 2.45 bits per heavy atom. The second-order valence-corrected chi connectivity index (χ2v) is 2.66. The summed E-state index contributed by atoms with van der Waals surface area (Å²) in [6.45, 7) is 6.88. The zero-order chi connectivity index (χ0) is 9.02. The van der Waals surface area contributed by atoms with Crippen LogP contribution in [-0.4, -0.2) is 11.2 Å². The summed E-state index contributed by atoms with van der Waals surface area (Å²) in [6.07, 6.45) is -0.647. The van der Waals surface area contributed by atoms with Crippen molar-refractivity contribution in [1.29, 1.82) is 0 Å². The molecule has 0 radical (unpaired) electrons. The Labute approximate surface area is 71.5 Å². The van der Waals surface area contributed by atoms with Crippen molar-refractivity contribution in [3.8, 4) is 0 Å². The maximum atomic E-state index is 9.05. The average Bonchev–Trinajstić information content (AvgIpc) is 2.00. The smallest absolute Gasteiger partial charge is 0.0771 e.